The molecule has 58 heavy (non-hydrogen) atoms. The second kappa shape index (κ2) is 15.1. The summed E-state index contributed by atoms with van der Waals surface area (Å²) in [6.45, 7) is 18.5. The minimum atomic E-state index is -1.17. The number of ketones is 1. The molecule has 4 fully saturated rings. The number of rotatable bonds is 10. The Bertz CT molecular complexity index is 2040. The first kappa shape index (κ1) is 42.9. The Balaban J connectivity index is 1.26. The van der Waals surface area contributed by atoms with Crippen LogP contribution in [0, 0.1) is 51.2 Å². The molecule has 0 aliphatic heterocycles. The van der Waals surface area contributed by atoms with Crippen molar-refractivity contribution in [3.05, 3.63) is 62.5 Å². The molecule has 5 aliphatic carbocycles. The fraction of sp³-hybridized carbons (Fsp3) is 0.708. The molecule has 1 N–H and O–H groups in total. The standard InChI is InChI=1S/C48H68ClN3O6/c1-29(2)41-35(53)27-48(37-26-39(54)52(51(37)25-24-50(9)10)31-14-12-30(49)13-15-31)22-11-21-46(7)32-18-19-36-45(5,6)38(58-40(55)28-44(3,4)43(56)57)20-23-47(36,8)33(32)16-17-34(46)42(41)48/h12-15,26,29,32-34,36,38H,11,16-25,27-28H2,1-10H3,(H,56,57)/t32?,33?,34?,36?,38?,46-,47?,48?/m0/s1. The number of hydrogen-bond donors (Lipinski definition) is 1. The number of hydrogen-bond acceptors (Lipinski definition) is 6. The van der Waals surface area contributed by atoms with E-state index in [9.17, 15) is 24.3 Å². The van der Waals surface area contributed by atoms with Crippen LogP contribution in [0.1, 0.15) is 132 Å². The number of carbonyl (C=O) groups excluding carboxylic acids is 2. The van der Waals surface area contributed by atoms with Gasteiger partial charge in [0.1, 0.15) is 6.10 Å². The Morgan fingerprint density at radius 3 is 2.24 bits per heavy atom. The first-order valence-electron chi connectivity index (χ1n) is 22.0. The zero-order valence-corrected chi connectivity index (χ0v) is 37.5. The molecule has 9 nitrogen and oxygen atoms in total. The lowest BCUT2D eigenvalue weighted by Gasteiger charge is -2.66. The van der Waals surface area contributed by atoms with E-state index in [4.69, 9.17) is 16.3 Å². The molecule has 8 atom stereocenters. The number of carboxylic acids is 1. The van der Waals surface area contributed by atoms with E-state index in [0.29, 0.717) is 35.7 Å². The third kappa shape index (κ3) is 6.86. The molecule has 4 saturated carbocycles. The van der Waals surface area contributed by atoms with Crippen LogP contribution in [0.2, 0.25) is 5.02 Å². The van der Waals surface area contributed by atoms with Crippen molar-refractivity contribution in [3.63, 3.8) is 0 Å². The highest BCUT2D eigenvalue weighted by atomic mass is 35.5. The van der Waals surface area contributed by atoms with Gasteiger partial charge in [-0.1, -0.05) is 59.6 Å². The van der Waals surface area contributed by atoms with Gasteiger partial charge in [0.05, 0.1) is 29.8 Å². The summed E-state index contributed by atoms with van der Waals surface area (Å²) >= 11 is 6.32. The van der Waals surface area contributed by atoms with E-state index < -0.39 is 22.8 Å². The first-order valence-corrected chi connectivity index (χ1v) is 22.4. The fourth-order valence-electron chi connectivity index (χ4n) is 13.8. The van der Waals surface area contributed by atoms with E-state index in [2.05, 4.69) is 65.2 Å². The van der Waals surface area contributed by atoms with Crippen LogP contribution >= 0.6 is 11.6 Å². The first-order chi connectivity index (χ1) is 27.1. The van der Waals surface area contributed by atoms with Crippen molar-refractivity contribution in [1.29, 1.82) is 0 Å². The summed E-state index contributed by atoms with van der Waals surface area (Å²) in [4.78, 5) is 56.0. The highest BCUT2D eigenvalue weighted by Crippen LogP contribution is 2.71. The molecule has 0 saturated heterocycles. The van der Waals surface area contributed by atoms with Crippen molar-refractivity contribution in [2.45, 2.75) is 144 Å². The van der Waals surface area contributed by atoms with Crippen molar-refractivity contribution in [2.75, 3.05) is 20.6 Å². The molecule has 1 aromatic carbocycles. The number of Topliss-reactive ketones (excluding diaryl/α,β-unsaturated/α-hetero) is 1. The van der Waals surface area contributed by atoms with Gasteiger partial charge in [0.15, 0.2) is 5.78 Å². The zero-order chi connectivity index (χ0) is 42.3. The van der Waals surface area contributed by atoms with Crippen LogP contribution in [0.5, 0.6) is 0 Å². The summed E-state index contributed by atoms with van der Waals surface area (Å²) in [5, 5.41) is 10.3. The lowest BCUT2D eigenvalue weighted by molar-refractivity contribution is -0.201. The molecule has 318 valence electrons. The summed E-state index contributed by atoms with van der Waals surface area (Å²) in [6, 6.07) is 9.35. The van der Waals surface area contributed by atoms with Crippen LogP contribution in [0.4, 0.5) is 0 Å². The molecule has 0 amide bonds. The molecule has 5 aliphatic rings. The summed E-state index contributed by atoms with van der Waals surface area (Å²) in [5.41, 5.74) is 2.11. The van der Waals surface area contributed by atoms with Gasteiger partial charge in [-0.3, -0.25) is 23.9 Å². The van der Waals surface area contributed by atoms with E-state index in [1.165, 1.54) is 5.57 Å². The van der Waals surface area contributed by atoms with Crippen LogP contribution in [-0.4, -0.2) is 63.8 Å². The molecule has 10 heteroatoms. The smallest absolute Gasteiger partial charge is 0.309 e. The van der Waals surface area contributed by atoms with E-state index in [0.717, 1.165) is 81.3 Å². The van der Waals surface area contributed by atoms with Crippen molar-refractivity contribution < 1.29 is 24.2 Å². The Morgan fingerprint density at radius 1 is 0.948 bits per heavy atom. The number of likely N-dealkylation sites (N-methyl/N-ethyl adjacent to an activating group) is 1. The van der Waals surface area contributed by atoms with Crippen LogP contribution in [-0.2, 0) is 31.1 Å². The predicted molar refractivity (Wildman–Crippen MR) is 228 cm³/mol. The molecule has 2 aromatic rings. The van der Waals surface area contributed by atoms with Crippen LogP contribution in [0.3, 0.4) is 0 Å². The number of allylic oxidation sites excluding steroid dienone is 2. The number of nitrogens with zero attached hydrogens (tertiary/aromatic N) is 3. The third-order valence-electron chi connectivity index (χ3n) is 16.5. The van der Waals surface area contributed by atoms with Crippen molar-refractivity contribution >= 4 is 29.3 Å². The Hall–Kier alpha value is -3.17. The maximum Gasteiger partial charge on any atom is 0.309 e. The zero-order valence-electron chi connectivity index (χ0n) is 36.8. The van der Waals surface area contributed by atoms with Gasteiger partial charge in [-0.25, -0.2) is 4.68 Å². The lowest BCUT2D eigenvalue weighted by Crippen LogP contribution is -2.61. The number of halogens is 1. The molecule has 1 aromatic heterocycles. The predicted octanol–water partition coefficient (Wildman–Crippen LogP) is 9.50. The second-order valence-corrected chi connectivity index (χ2v) is 21.7. The van der Waals surface area contributed by atoms with Gasteiger partial charge < -0.3 is 14.7 Å². The molecule has 7 unspecified atom stereocenters. The Labute approximate surface area is 350 Å². The summed E-state index contributed by atoms with van der Waals surface area (Å²) in [7, 11) is 4.11. The number of fused-ring (bicyclic) bond motifs is 7. The highest BCUT2D eigenvalue weighted by Gasteiger charge is 2.65. The van der Waals surface area contributed by atoms with Crippen molar-refractivity contribution in [2.24, 2.45) is 51.2 Å². The minimum absolute atomic E-state index is 0.0118. The van der Waals surface area contributed by atoms with Crippen LogP contribution < -0.4 is 5.56 Å². The monoisotopic (exact) mass is 817 g/mol. The lowest BCUT2D eigenvalue weighted by atomic mass is 9.39. The van der Waals surface area contributed by atoms with Gasteiger partial charge in [-0.2, -0.15) is 0 Å². The topological polar surface area (TPSA) is 111 Å². The number of aromatic nitrogens is 2. The number of aliphatic carboxylic acids is 1. The van der Waals surface area contributed by atoms with Crippen LogP contribution in [0.15, 0.2) is 46.3 Å². The maximum atomic E-state index is 14.6. The molecule has 7 rings (SSSR count). The number of benzene rings is 1. The number of ether oxygens (including phenoxy) is 1. The normalized spacial score (nSPS) is 33.3. The van der Waals surface area contributed by atoms with Crippen molar-refractivity contribution in [3.8, 4) is 5.69 Å². The van der Waals surface area contributed by atoms with E-state index in [-0.39, 0.29) is 51.9 Å². The Morgan fingerprint density at radius 2 is 1.60 bits per heavy atom. The molecule has 0 radical (unpaired) electrons. The van der Waals surface area contributed by atoms with E-state index in [1.54, 1.807) is 13.8 Å². The van der Waals surface area contributed by atoms with E-state index in [1.807, 2.05) is 35.0 Å². The quantitative estimate of drug-likeness (QED) is 0.238. The molecule has 0 spiro atoms. The summed E-state index contributed by atoms with van der Waals surface area (Å²) in [6.07, 6.45) is 8.95. The maximum absolute atomic E-state index is 14.6. The van der Waals surface area contributed by atoms with Gasteiger partial charge in [0, 0.05) is 34.9 Å². The van der Waals surface area contributed by atoms with Crippen LogP contribution in [0.25, 0.3) is 5.69 Å². The molecule has 0 bridgehead atoms. The number of esters is 1. The fourth-order valence-corrected chi connectivity index (χ4v) is 13.9. The highest BCUT2D eigenvalue weighted by molar-refractivity contribution is 6.30. The average molecular weight is 819 g/mol. The Kier molecular flexibility index (Phi) is 11.2. The largest absolute Gasteiger partial charge is 0.481 e. The molecular formula is C48H68ClN3O6. The minimum Gasteiger partial charge on any atom is -0.481 e. The number of carbonyl (C=O) groups is 3. The van der Waals surface area contributed by atoms with Gasteiger partial charge in [-0.05, 0) is 155 Å². The number of carboxylic acid groups (broad SMARTS) is 1. The van der Waals surface area contributed by atoms with E-state index >= 15 is 0 Å². The van der Waals surface area contributed by atoms with Gasteiger partial charge in [0.25, 0.3) is 5.56 Å². The third-order valence-corrected chi connectivity index (χ3v) is 16.8. The average Bonchev–Trinajstić information content (AvgIpc) is 3.58. The summed E-state index contributed by atoms with van der Waals surface area (Å²) < 4.78 is 10.2. The molecular weight excluding hydrogens is 750 g/mol. The second-order valence-electron chi connectivity index (χ2n) is 21.3. The SMILES string of the molecule is CC(C)C1=C2C3CCC4C(CCC5C(C)(C)C(OC(=O)CC(C)(C)C(=O)O)CCC45C)[C@]3(C)CCCC2(c2cc(=O)n(-c3ccc(Cl)cc3)n2CCN(C)C)CC1=O. The van der Waals surface area contributed by atoms with Crippen molar-refractivity contribution in [1.82, 2.24) is 14.3 Å². The van der Waals surface area contributed by atoms with Gasteiger partial charge in [-0.15, -0.1) is 0 Å². The summed E-state index contributed by atoms with van der Waals surface area (Å²) in [5.74, 6) is 0.506. The molecule has 1 heterocycles. The van der Waals surface area contributed by atoms with Gasteiger partial charge in [0.2, 0.25) is 0 Å². The van der Waals surface area contributed by atoms with Gasteiger partial charge >= 0.3 is 11.9 Å².